The third kappa shape index (κ3) is 3.58. The Labute approximate surface area is 119 Å². The highest BCUT2D eigenvalue weighted by atomic mass is 32.2. The minimum absolute atomic E-state index is 0.0128. The standard InChI is InChI=1S/C14H20N2O3S/c1-9(11-6-7-11)14(17)16-10(2)12-4-3-5-13(8-12)20(15,18)19/h3-5,8-11H,6-7H2,1-2H3,(H,16,17)(H2,15,18,19)/t9-,10+/m1/s1. The lowest BCUT2D eigenvalue weighted by atomic mass is 10.0. The van der Waals surface area contributed by atoms with Crippen molar-refractivity contribution in [3.63, 3.8) is 0 Å². The maximum Gasteiger partial charge on any atom is 0.238 e. The summed E-state index contributed by atoms with van der Waals surface area (Å²) in [4.78, 5) is 12.1. The van der Waals surface area contributed by atoms with Gasteiger partial charge in [0.05, 0.1) is 10.9 Å². The number of carbonyl (C=O) groups is 1. The minimum atomic E-state index is -3.72. The summed E-state index contributed by atoms with van der Waals surface area (Å²) in [6, 6.07) is 6.11. The second kappa shape index (κ2) is 5.54. The number of benzene rings is 1. The molecule has 1 aliphatic carbocycles. The SMILES string of the molecule is C[C@H](NC(=O)[C@H](C)C1CC1)c1cccc(S(N)(=O)=O)c1. The molecule has 110 valence electrons. The van der Waals surface area contributed by atoms with Crippen LogP contribution in [-0.4, -0.2) is 14.3 Å². The molecule has 5 nitrogen and oxygen atoms in total. The smallest absolute Gasteiger partial charge is 0.238 e. The number of rotatable bonds is 5. The van der Waals surface area contributed by atoms with Gasteiger partial charge in [-0.05, 0) is 43.4 Å². The Morgan fingerprint density at radius 3 is 2.55 bits per heavy atom. The normalized spacial score (nSPS) is 18.4. The van der Waals surface area contributed by atoms with Gasteiger partial charge >= 0.3 is 0 Å². The van der Waals surface area contributed by atoms with Crippen LogP contribution in [0.25, 0.3) is 0 Å². The second-order valence-electron chi connectivity index (χ2n) is 5.47. The van der Waals surface area contributed by atoms with Gasteiger partial charge in [-0.3, -0.25) is 4.79 Å². The van der Waals surface area contributed by atoms with Gasteiger partial charge in [0.1, 0.15) is 0 Å². The highest BCUT2D eigenvalue weighted by Gasteiger charge is 2.33. The average Bonchev–Trinajstić information content (AvgIpc) is 3.21. The summed E-state index contributed by atoms with van der Waals surface area (Å²) in [5.41, 5.74) is 0.730. The third-order valence-electron chi connectivity index (χ3n) is 3.79. The predicted molar refractivity (Wildman–Crippen MR) is 76.3 cm³/mol. The predicted octanol–water partition coefficient (Wildman–Crippen LogP) is 1.56. The monoisotopic (exact) mass is 296 g/mol. The van der Waals surface area contributed by atoms with Crippen molar-refractivity contribution in [3.05, 3.63) is 29.8 Å². The molecule has 1 amide bonds. The summed E-state index contributed by atoms with van der Waals surface area (Å²) in [5.74, 6) is 0.526. The van der Waals surface area contributed by atoms with E-state index in [9.17, 15) is 13.2 Å². The molecule has 6 heteroatoms. The average molecular weight is 296 g/mol. The van der Waals surface area contributed by atoms with Crippen LogP contribution in [0.1, 0.15) is 38.3 Å². The number of sulfonamides is 1. The van der Waals surface area contributed by atoms with Crippen LogP contribution in [0.2, 0.25) is 0 Å². The molecule has 0 unspecified atom stereocenters. The summed E-state index contributed by atoms with van der Waals surface area (Å²) < 4.78 is 22.7. The van der Waals surface area contributed by atoms with E-state index in [1.54, 1.807) is 12.1 Å². The molecule has 0 bridgehead atoms. The van der Waals surface area contributed by atoms with Crippen LogP contribution in [0.3, 0.4) is 0 Å². The molecule has 2 rings (SSSR count). The summed E-state index contributed by atoms with van der Waals surface area (Å²) in [5, 5.41) is 8.03. The number of amides is 1. The molecular formula is C14H20N2O3S. The summed E-state index contributed by atoms with van der Waals surface area (Å²) in [6.07, 6.45) is 2.23. The van der Waals surface area contributed by atoms with Crippen LogP contribution < -0.4 is 10.5 Å². The van der Waals surface area contributed by atoms with Gasteiger partial charge in [-0.15, -0.1) is 0 Å². The molecule has 1 aromatic carbocycles. The molecule has 0 saturated heterocycles. The fraction of sp³-hybridized carbons (Fsp3) is 0.500. The molecule has 20 heavy (non-hydrogen) atoms. The topological polar surface area (TPSA) is 89.3 Å². The van der Waals surface area contributed by atoms with E-state index in [-0.39, 0.29) is 22.8 Å². The van der Waals surface area contributed by atoms with Crippen LogP contribution in [-0.2, 0) is 14.8 Å². The zero-order valence-corrected chi connectivity index (χ0v) is 12.5. The third-order valence-corrected chi connectivity index (χ3v) is 4.70. The maximum atomic E-state index is 12.0. The number of nitrogens with two attached hydrogens (primary N) is 1. The quantitative estimate of drug-likeness (QED) is 0.864. The van der Waals surface area contributed by atoms with Gasteiger partial charge in [-0.25, -0.2) is 13.6 Å². The zero-order valence-electron chi connectivity index (χ0n) is 11.7. The van der Waals surface area contributed by atoms with Crippen molar-refractivity contribution in [2.24, 2.45) is 17.0 Å². The van der Waals surface area contributed by atoms with Crippen molar-refractivity contribution in [1.82, 2.24) is 5.32 Å². The van der Waals surface area contributed by atoms with Gasteiger partial charge in [0.2, 0.25) is 15.9 Å². The second-order valence-corrected chi connectivity index (χ2v) is 7.04. The van der Waals surface area contributed by atoms with Crippen molar-refractivity contribution >= 4 is 15.9 Å². The summed E-state index contributed by atoms with van der Waals surface area (Å²) in [7, 11) is -3.72. The van der Waals surface area contributed by atoms with E-state index in [1.807, 2.05) is 13.8 Å². The molecule has 0 heterocycles. The summed E-state index contributed by atoms with van der Waals surface area (Å²) >= 11 is 0. The molecule has 0 radical (unpaired) electrons. The lowest BCUT2D eigenvalue weighted by Crippen LogP contribution is -2.32. The van der Waals surface area contributed by atoms with Crippen LogP contribution in [0, 0.1) is 11.8 Å². The van der Waals surface area contributed by atoms with Gasteiger partial charge in [0.15, 0.2) is 0 Å². The molecule has 0 aromatic heterocycles. The lowest BCUT2D eigenvalue weighted by Gasteiger charge is -2.18. The Kier molecular flexibility index (Phi) is 4.15. The Hall–Kier alpha value is -1.40. The maximum absolute atomic E-state index is 12.0. The minimum Gasteiger partial charge on any atom is -0.349 e. The Morgan fingerprint density at radius 1 is 1.35 bits per heavy atom. The molecule has 0 spiro atoms. The summed E-state index contributed by atoms with van der Waals surface area (Å²) in [6.45, 7) is 3.76. The van der Waals surface area contributed by atoms with Crippen LogP contribution in [0.5, 0.6) is 0 Å². The number of carbonyl (C=O) groups excluding carboxylic acids is 1. The highest BCUT2D eigenvalue weighted by molar-refractivity contribution is 7.89. The van der Waals surface area contributed by atoms with Gasteiger partial charge in [0.25, 0.3) is 0 Å². The molecule has 1 saturated carbocycles. The van der Waals surface area contributed by atoms with E-state index in [1.165, 1.54) is 12.1 Å². The first-order valence-corrected chi connectivity index (χ1v) is 8.27. The van der Waals surface area contributed by atoms with E-state index < -0.39 is 10.0 Å². The fourth-order valence-electron chi connectivity index (χ4n) is 2.20. The van der Waals surface area contributed by atoms with E-state index in [2.05, 4.69) is 5.32 Å². The number of nitrogens with one attached hydrogen (secondary N) is 1. The first kappa shape index (κ1) is 15.0. The Bertz CT molecular complexity index is 609. The van der Waals surface area contributed by atoms with Gasteiger partial charge in [-0.2, -0.15) is 0 Å². The van der Waals surface area contributed by atoms with Crippen molar-refractivity contribution < 1.29 is 13.2 Å². The highest BCUT2D eigenvalue weighted by Crippen LogP contribution is 2.36. The largest absolute Gasteiger partial charge is 0.349 e. The number of primary sulfonamides is 1. The molecule has 0 aliphatic heterocycles. The molecular weight excluding hydrogens is 276 g/mol. The first-order chi connectivity index (χ1) is 9.29. The molecule has 3 N–H and O–H groups in total. The van der Waals surface area contributed by atoms with E-state index in [0.29, 0.717) is 5.92 Å². The van der Waals surface area contributed by atoms with Gasteiger partial charge in [-0.1, -0.05) is 19.1 Å². The number of hydrogen-bond acceptors (Lipinski definition) is 3. The van der Waals surface area contributed by atoms with Gasteiger partial charge in [0, 0.05) is 5.92 Å². The Morgan fingerprint density at radius 2 is 2.00 bits per heavy atom. The van der Waals surface area contributed by atoms with Crippen molar-refractivity contribution in [3.8, 4) is 0 Å². The van der Waals surface area contributed by atoms with Crippen LogP contribution >= 0.6 is 0 Å². The van der Waals surface area contributed by atoms with Crippen molar-refractivity contribution in [2.75, 3.05) is 0 Å². The lowest BCUT2D eigenvalue weighted by molar-refractivity contribution is -0.125. The molecule has 1 aliphatic rings. The zero-order chi connectivity index (χ0) is 14.9. The first-order valence-electron chi connectivity index (χ1n) is 6.72. The van der Waals surface area contributed by atoms with Crippen LogP contribution in [0.4, 0.5) is 0 Å². The van der Waals surface area contributed by atoms with Crippen molar-refractivity contribution in [2.45, 2.75) is 37.6 Å². The van der Waals surface area contributed by atoms with E-state index >= 15 is 0 Å². The van der Waals surface area contributed by atoms with Gasteiger partial charge < -0.3 is 5.32 Å². The van der Waals surface area contributed by atoms with E-state index in [0.717, 1.165) is 18.4 Å². The fourth-order valence-corrected chi connectivity index (χ4v) is 2.77. The van der Waals surface area contributed by atoms with Crippen molar-refractivity contribution in [1.29, 1.82) is 0 Å². The Balaban J connectivity index is 2.09. The van der Waals surface area contributed by atoms with Crippen LogP contribution in [0.15, 0.2) is 29.2 Å². The number of hydrogen-bond donors (Lipinski definition) is 2. The molecule has 2 atom stereocenters. The molecule has 1 fully saturated rings. The molecule has 1 aromatic rings. The van der Waals surface area contributed by atoms with E-state index in [4.69, 9.17) is 5.14 Å².